The zero-order chi connectivity index (χ0) is 13.7. The maximum absolute atomic E-state index is 9.53. The van der Waals surface area contributed by atoms with Gasteiger partial charge in [0, 0.05) is 13.1 Å². The van der Waals surface area contributed by atoms with Crippen LogP contribution >= 0.6 is 0 Å². The molecule has 1 aliphatic rings. The molecule has 0 bridgehead atoms. The van der Waals surface area contributed by atoms with Gasteiger partial charge in [0.25, 0.3) is 0 Å². The fourth-order valence-electron chi connectivity index (χ4n) is 2.68. The smallest absolute Gasteiger partial charge is 0.157 e. The van der Waals surface area contributed by atoms with E-state index >= 15 is 0 Å². The maximum Gasteiger partial charge on any atom is 0.157 e. The molecule has 4 nitrogen and oxygen atoms in total. The molecule has 4 heteroatoms. The summed E-state index contributed by atoms with van der Waals surface area (Å²) in [7, 11) is 0. The predicted molar refractivity (Wildman–Crippen MR) is 76.3 cm³/mol. The lowest BCUT2D eigenvalue weighted by atomic mass is 9.99. The van der Waals surface area contributed by atoms with Crippen molar-refractivity contribution in [2.75, 3.05) is 26.2 Å². The second-order valence-corrected chi connectivity index (χ2v) is 5.36. The molecule has 1 heterocycles. The van der Waals surface area contributed by atoms with E-state index in [1.807, 2.05) is 6.07 Å². The van der Waals surface area contributed by atoms with Crippen LogP contribution in [0.5, 0.6) is 11.5 Å². The Morgan fingerprint density at radius 2 is 2.16 bits per heavy atom. The van der Waals surface area contributed by atoms with Crippen LogP contribution < -0.4 is 5.32 Å². The van der Waals surface area contributed by atoms with Crippen LogP contribution in [-0.4, -0.2) is 41.3 Å². The molecule has 19 heavy (non-hydrogen) atoms. The second kappa shape index (κ2) is 6.78. The minimum atomic E-state index is -0.0525. The van der Waals surface area contributed by atoms with E-state index < -0.39 is 0 Å². The number of aromatic hydroxyl groups is 2. The summed E-state index contributed by atoms with van der Waals surface area (Å²) in [6.45, 7) is 7.33. The van der Waals surface area contributed by atoms with Crippen molar-refractivity contribution in [3.63, 3.8) is 0 Å². The number of nitrogens with one attached hydrogen (secondary N) is 1. The molecule has 2 rings (SSSR count). The number of benzene rings is 1. The van der Waals surface area contributed by atoms with Gasteiger partial charge in [0.05, 0.1) is 0 Å². The predicted octanol–water partition coefficient (Wildman–Crippen LogP) is 1.92. The average molecular weight is 264 g/mol. The first-order valence-electron chi connectivity index (χ1n) is 7.13. The normalized spacial score (nSPS) is 19.8. The molecule has 1 atom stereocenters. The van der Waals surface area contributed by atoms with Crippen molar-refractivity contribution < 1.29 is 10.2 Å². The molecular weight excluding hydrogens is 240 g/mol. The van der Waals surface area contributed by atoms with Gasteiger partial charge in [-0.15, -0.1) is 0 Å². The van der Waals surface area contributed by atoms with Gasteiger partial charge < -0.3 is 15.5 Å². The van der Waals surface area contributed by atoms with Crippen LogP contribution in [0.1, 0.15) is 25.3 Å². The largest absolute Gasteiger partial charge is 0.504 e. The average Bonchev–Trinajstić information content (AvgIpc) is 2.43. The standard InChI is InChI=1S/C15H24N2O2/c1-2-17(11-13-4-3-7-16-9-13)10-12-5-6-14(18)15(19)8-12/h5-6,8,13,16,18-19H,2-4,7,9-11H2,1H3. The zero-order valence-electron chi connectivity index (χ0n) is 11.6. The van der Waals surface area contributed by atoms with Crippen molar-refractivity contribution in [2.45, 2.75) is 26.3 Å². The van der Waals surface area contributed by atoms with Gasteiger partial charge in [-0.3, -0.25) is 4.90 Å². The van der Waals surface area contributed by atoms with Crippen molar-refractivity contribution in [1.29, 1.82) is 0 Å². The van der Waals surface area contributed by atoms with E-state index in [1.165, 1.54) is 12.8 Å². The fraction of sp³-hybridized carbons (Fsp3) is 0.600. The molecule has 0 aromatic heterocycles. The minimum absolute atomic E-state index is 0.0344. The van der Waals surface area contributed by atoms with Crippen molar-refractivity contribution in [1.82, 2.24) is 10.2 Å². The van der Waals surface area contributed by atoms with E-state index in [2.05, 4.69) is 17.1 Å². The van der Waals surface area contributed by atoms with Crippen LogP contribution in [0.25, 0.3) is 0 Å². The molecule has 0 aliphatic carbocycles. The van der Waals surface area contributed by atoms with Gasteiger partial charge in [0.2, 0.25) is 0 Å². The Balaban J connectivity index is 1.92. The summed E-state index contributed by atoms with van der Waals surface area (Å²) in [6.07, 6.45) is 2.56. The number of hydrogen-bond donors (Lipinski definition) is 3. The first kappa shape index (κ1) is 14.2. The second-order valence-electron chi connectivity index (χ2n) is 5.36. The Bertz CT molecular complexity index is 403. The Morgan fingerprint density at radius 1 is 1.32 bits per heavy atom. The van der Waals surface area contributed by atoms with Gasteiger partial charge in [-0.25, -0.2) is 0 Å². The van der Waals surface area contributed by atoms with Gasteiger partial charge in [0.1, 0.15) is 0 Å². The Kier molecular flexibility index (Phi) is 5.05. The molecule has 0 saturated carbocycles. The van der Waals surface area contributed by atoms with Crippen LogP contribution in [0.4, 0.5) is 0 Å². The van der Waals surface area contributed by atoms with Crippen LogP contribution in [0.2, 0.25) is 0 Å². The molecule has 1 fully saturated rings. The van der Waals surface area contributed by atoms with E-state index in [1.54, 1.807) is 12.1 Å². The van der Waals surface area contributed by atoms with E-state index in [9.17, 15) is 10.2 Å². The summed E-state index contributed by atoms with van der Waals surface area (Å²) in [5, 5.41) is 22.3. The Labute approximate surface area is 115 Å². The summed E-state index contributed by atoms with van der Waals surface area (Å²) in [6, 6.07) is 5.08. The third kappa shape index (κ3) is 4.11. The lowest BCUT2D eigenvalue weighted by Crippen LogP contribution is -2.38. The van der Waals surface area contributed by atoms with Gasteiger partial charge in [-0.1, -0.05) is 13.0 Å². The molecule has 0 spiro atoms. The molecule has 106 valence electrons. The third-order valence-corrected chi connectivity index (χ3v) is 3.81. The first-order chi connectivity index (χ1) is 9.19. The van der Waals surface area contributed by atoms with Gasteiger partial charge in [-0.2, -0.15) is 0 Å². The lowest BCUT2D eigenvalue weighted by Gasteiger charge is -2.29. The quantitative estimate of drug-likeness (QED) is 0.711. The number of nitrogens with zero attached hydrogens (tertiary/aromatic N) is 1. The highest BCUT2D eigenvalue weighted by atomic mass is 16.3. The summed E-state index contributed by atoms with van der Waals surface area (Å²) in [4.78, 5) is 2.39. The lowest BCUT2D eigenvalue weighted by molar-refractivity contribution is 0.209. The summed E-state index contributed by atoms with van der Waals surface area (Å²) in [5.41, 5.74) is 1.04. The minimum Gasteiger partial charge on any atom is -0.504 e. The molecule has 0 radical (unpaired) electrons. The van der Waals surface area contributed by atoms with E-state index in [-0.39, 0.29) is 11.5 Å². The number of phenols is 2. The molecule has 1 aromatic rings. The Morgan fingerprint density at radius 3 is 2.79 bits per heavy atom. The van der Waals surface area contributed by atoms with E-state index in [0.29, 0.717) is 0 Å². The molecule has 1 aromatic carbocycles. The summed E-state index contributed by atoms with van der Waals surface area (Å²) in [5.74, 6) is 0.635. The van der Waals surface area contributed by atoms with Crippen LogP contribution in [-0.2, 0) is 6.54 Å². The summed E-state index contributed by atoms with van der Waals surface area (Å²) < 4.78 is 0. The monoisotopic (exact) mass is 264 g/mol. The highest BCUT2D eigenvalue weighted by molar-refractivity contribution is 5.40. The summed E-state index contributed by atoms with van der Waals surface area (Å²) >= 11 is 0. The molecule has 1 saturated heterocycles. The van der Waals surface area contributed by atoms with Crippen molar-refractivity contribution in [2.24, 2.45) is 5.92 Å². The van der Waals surface area contributed by atoms with Crippen LogP contribution in [0, 0.1) is 5.92 Å². The molecular formula is C15H24N2O2. The van der Waals surface area contributed by atoms with Crippen LogP contribution in [0.3, 0.4) is 0 Å². The molecule has 3 N–H and O–H groups in total. The van der Waals surface area contributed by atoms with Crippen molar-refractivity contribution >= 4 is 0 Å². The van der Waals surface area contributed by atoms with Gasteiger partial charge >= 0.3 is 0 Å². The van der Waals surface area contributed by atoms with Gasteiger partial charge in [-0.05, 0) is 56.1 Å². The van der Waals surface area contributed by atoms with E-state index in [4.69, 9.17) is 0 Å². The van der Waals surface area contributed by atoms with Gasteiger partial charge in [0.15, 0.2) is 11.5 Å². The molecule has 1 aliphatic heterocycles. The van der Waals surface area contributed by atoms with Crippen LogP contribution in [0.15, 0.2) is 18.2 Å². The van der Waals surface area contributed by atoms with Crippen molar-refractivity contribution in [3.8, 4) is 11.5 Å². The fourth-order valence-corrected chi connectivity index (χ4v) is 2.68. The Hall–Kier alpha value is -1.26. The third-order valence-electron chi connectivity index (χ3n) is 3.81. The first-order valence-corrected chi connectivity index (χ1v) is 7.13. The number of rotatable bonds is 5. The molecule has 1 unspecified atom stereocenters. The molecule has 0 amide bonds. The maximum atomic E-state index is 9.53. The SMILES string of the molecule is CCN(Cc1ccc(O)c(O)c1)CC1CCCNC1. The van der Waals surface area contributed by atoms with Crippen molar-refractivity contribution in [3.05, 3.63) is 23.8 Å². The number of hydrogen-bond acceptors (Lipinski definition) is 4. The number of phenolic OH excluding ortho intramolecular Hbond substituents is 2. The highest BCUT2D eigenvalue weighted by Crippen LogP contribution is 2.25. The highest BCUT2D eigenvalue weighted by Gasteiger charge is 2.16. The van der Waals surface area contributed by atoms with E-state index in [0.717, 1.165) is 44.2 Å². The zero-order valence-corrected chi connectivity index (χ0v) is 11.6. The topological polar surface area (TPSA) is 55.7 Å². The number of piperidine rings is 1.